The summed E-state index contributed by atoms with van der Waals surface area (Å²) in [6.45, 7) is 4.61. The Kier molecular flexibility index (Phi) is 3.16. The average molecular weight is 307 g/mol. The number of aliphatic hydroxyl groups is 1. The molecule has 0 radical (unpaired) electrons. The van der Waals surface area contributed by atoms with Crippen molar-refractivity contribution in [3.8, 4) is 11.1 Å². The number of imidazole rings is 1. The van der Waals surface area contributed by atoms with Crippen molar-refractivity contribution >= 4 is 11.5 Å². The SMILES string of the molecule is CC(C)(O)c1ccc(-c2ccc3nc4c(n3c2)NCCC4)cc1. The molecule has 4 rings (SSSR count). The number of nitrogens with zero attached hydrogens (tertiary/aromatic N) is 2. The number of benzene rings is 1. The van der Waals surface area contributed by atoms with E-state index in [-0.39, 0.29) is 0 Å². The van der Waals surface area contributed by atoms with Crippen LogP contribution in [0.1, 0.15) is 31.5 Å². The van der Waals surface area contributed by atoms with E-state index in [4.69, 9.17) is 4.98 Å². The maximum Gasteiger partial charge on any atom is 0.138 e. The predicted molar refractivity (Wildman–Crippen MR) is 92.7 cm³/mol. The van der Waals surface area contributed by atoms with Crippen molar-refractivity contribution in [3.63, 3.8) is 0 Å². The van der Waals surface area contributed by atoms with Crippen LogP contribution in [0.25, 0.3) is 16.8 Å². The van der Waals surface area contributed by atoms with Crippen molar-refractivity contribution < 1.29 is 5.11 Å². The zero-order valence-corrected chi connectivity index (χ0v) is 13.5. The molecule has 4 heteroatoms. The molecule has 2 N–H and O–H groups in total. The van der Waals surface area contributed by atoms with Gasteiger partial charge in [0.05, 0.1) is 11.3 Å². The summed E-state index contributed by atoms with van der Waals surface area (Å²) in [7, 11) is 0. The Morgan fingerprint density at radius 3 is 2.57 bits per heavy atom. The smallest absolute Gasteiger partial charge is 0.138 e. The van der Waals surface area contributed by atoms with Gasteiger partial charge in [-0.3, -0.25) is 4.40 Å². The van der Waals surface area contributed by atoms with Gasteiger partial charge < -0.3 is 10.4 Å². The van der Waals surface area contributed by atoms with Crippen molar-refractivity contribution in [1.29, 1.82) is 0 Å². The minimum absolute atomic E-state index is 0.810. The normalized spacial score (nSPS) is 14.6. The molecule has 0 fully saturated rings. The standard InChI is InChI=1S/C19H21N3O/c1-19(2,23)15-8-5-13(6-9-15)14-7-10-17-21-16-4-3-11-20-18(16)22(17)12-14/h5-10,12,20,23H,3-4,11H2,1-2H3. The van der Waals surface area contributed by atoms with E-state index >= 15 is 0 Å². The summed E-state index contributed by atoms with van der Waals surface area (Å²) in [5.74, 6) is 1.13. The van der Waals surface area contributed by atoms with Gasteiger partial charge in [0.1, 0.15) is 11.5 Å². The van der Waals surface area contributed by atoms with Crippen LogP contribution in [-0.2, 0) is 12.0 Å². The van der Waals surface area contributed by atoms with Gasteiger partial charge in [-0.25, -0.2) is 4.98 Å². The molecule has 0 saturated heterocycles. The first-order valence-corrected chi connectivity index (χ1v) is 8.10. The highest BCUT2D eigenvalue weighted by Crippen LogP contribution is 2.28. The number of nitrogens with one attached hydrogen (secondary N) is 1. The highest BCUT2D eigenvalue weighted by atomic mass is 16.3. The quantitative estimate of drug-likeness (QED) is 0.761. The molecule has 0 unspecified atom stereocenters. The molecule has 0 atom stereocenters. The number of pyridine rings is 1. The molecule has 2 aromatic heterocycles. The predicted octanol–water partition coefficient (Wildman–Crippen LogP) is 3.59. The fourth-order valence-electron chi connectivity index (χ4n) is 3.16. The van der Waals surface area contributed by atoms with E-state index in [0.717, 1.165) is 53.2 Å². The van der Waals surface area contributed by atoms with E-state index in [0.29, 0.717) is 0 Å². The number of hydrogen-bond acceptors (Lipinski definition) is 3. The van der Waals surface area contributed by atoms with E-state index in [9.17, 15) is 5.11 Å². The molecule has 0 spiro atoms. The fraction of sp³-hybridized carbons (Fsp3) is 0.316. The van der Waals surface area contributed by atoms with E-state index in [2.05, 4.69) is 40.2 Å². The Balaban J connectivity index is 1.77. The van der Waals surface area contributed by atoms with Crippen molar-refractivity contribution in [2.24, 2.45) is 0 Å². The zero-order valence-electron chi connectivity index (χ0n) is 13.5. The zero-order chi connectivity index (χ0) is 16.0. The van der Waals surface area contributed by atoms with Gasteiger partial charge in [-0.05, 0) is 55.5 Å². The second-order valence-electron chi connectivity index (χ2n) is 6.72. The summed E-state index contributed by atoms with van der Waals surface area (Å²) >= 11 is 0. The summed E-state index contributed by atoms with van der Waals surface area (Å²) in [6, 6.07) is 12.3. The third-order valence-corrected chi connectivity index (χ3v) is 4.50. The third-order valence-electron chi connectivity index (χ3n) is 4.50. The summed E-state index contributed by atoms with van der Waals surface area (Å²) in [5.41, 5.74) is 4.54. The summed E-state index contributed by atoms with van der Waals surface area (Å²) in [4.78, 5) is 4.70. The van der Waals surface area contributed by atoms with Gasteiger partial charge in [0.2, 0.25) is 0 Å². The van der Waals surface area contributed by atoms with Crippen LogP contribution < -0.4 is 5.32 Å². The summed E-state index contributed by atoms with van der Waals surface area (Å²) < 4.78 is 2.15. The first-order chi connectivity index (χ1) is 11.0. The van der Waals surface area contributed by atoms with Crippen LogP contribution in [0, 0.1) is 0 Å². The Labute approximate surface area is 135 Å². The van der Waals surface area contributed by atoms with Crippen molar-refractivity contribution in [1.82, 2.24) is 9.38 Å². The van der Waals surface area contributed by atoms with E-state index in [1.807, 2.05) is 12.1 Å². The highest BCUT2D eigenvalue weighted by Gasteiger charge is 2.17. The molecule has 1 aromatic carbocycles. The van der Waals surface area contributed by atoms with Crippen LogP contribution in [0.15, 0.2) is 42.6 Å². The van der Waals surface area contributed by atoms with Crippen molar-refractivity contribution in [3.05, 3.63) is 53.9 Å². The molecule has 1 aliphatic heterocycles. The molecule has 0 saturated carbocycles. The minimum Gasteiger partial charge on any atom is -0.386 e. The Morgan fingerprint density at radius 1 is 1.09 bits per heavy atom. The number of aryl methyl sites for hydroxylation is 1. The third kappa shape index (κ3) is 2.49. The monoisotopic (exact) mass is 307 g/mol. The number of hydrogen-bond donors (Lipinski definition) is 2. The Morgan fingerprint density at radius 2 is 1.83 bits per heavy atom. The van der Waals surface area contributed by atoms with Gasteiger partial charge in [-0.15, -0.1) is 0 Å². The van der Waals surface area contributed by atoms with Gasteiger partial charge in [-0.1, -0.05) is 24.3 Å². The molecule has 0 bridgehead atoms. The molecule has 0 aliphatic carbocycles. The summed E-state index contributed by atoms with van der Waals surface area (Å²) in [6.07, 6.45) is 4.32. The minimum atomic E-state index is -0.810. The van der Waals surface area contributed by atoms with Crippen LogP contribution in [0.4, 0.5) is 5.82 Å². The summed E-state index contributed by atoms with van der Waals surface area (Å²) in [5, 5.41) is 13.5. The van der Waals surface area contributed by atoms with Gasteiger partial charge >= 0.3 is 0 Å². The highest BCUT2D eigenvalue weighted by molar-refractivity contribution is 5.67. The number of rotatable bonds is 2. The van der Waals surface area contributed by atoms with Gasteiger partial charge in [0.25, 0.3) is 0 Å². The molecule has 3 heterocycles. The van der Waals surface area contributed by atoms with Crippen molar-refractivity contribution in [2.45, 2.75) is 32.3 Å². The Hall–Kier alpha value is -2.33. The maximum absolute atomic E-state index is 10.1. The van der Waals surface area contributed by atoms with Gasteiger partial charge in [-0.2, -0.15) is 0 Å². The van der Waals surface area contributed by atoms with Crippen LogP contribution in [0.3, 0.4) is 0 Å². The lowest BCUT2D eigenvalue weighted by Crippen LogP contribution is -2.14. The van der Waals surface area contributed by atoms with Crippen molar-refractivity contribution in [2.75, 3.05) is 11.9 Å². The second-order valence-corrected chi connectivity index (χ2v) is 6.72. The first kappa shape index (κ1) is 14.3. The van der Waals surface area contributed by atoms with Crippen LogP contribution >= 0.6 is 0 Å². The van der Waals surface area contributed by atoms with Crippen LogP contribution in [-0.4, -0.2) is 21.0 Å². The van der Waals surface area contributed by atoms with Crippen LogP contribution in [0.5, 0.6) is 0 Å². The molecule has 3 aromatic rings. The molecule has 118 valence electrons. The Bertz CT molecular complexity index is 857. The number of fused-ring (bicyclic) bond motifs is 3. The molecular weight excluding hydrogens is 286 g/mol. The van der Waals surface area contributed by atoms with E-state index in [1.54, 1.807) is 13.8 Å². The van der Waals surface area contributed by atoms with Gasteiger partial charge in [0.15, 0.2) is 0 Å². The van der Waals surface area contributed by atoms with E-state index in [1.165, 1.54) is 0 Å². The van der Waals surface area contributed by atoms with Gasteiger partial charge in [0, 0.05) is 12.7 Å². The molecule has 23 heavy (non-hydrogen) atoms. The fourth-order valence-corrected chi connectivity index (χ4v) is 3.16. The maximum atomic E-state index is 10.1. The first-order valence-electron chi connectivity index (χ1n) is 8.10. The molecule has 0 amide bonds. The molecule has 1 aliphatic rings. The molecular formula is C19H21N3O. The van der Waals surface area contributed by atoms with Crippen LogP contribution in [0.2, 0.25) is 0 Å². The lowest BCUT2D eigenvalue weighted by Gasteiger charge is -2.18. The molecule has 4 nitrogen and oxygen atoms in total. The lowest BCUT2D eigenvalue weighted by molar-refractivity contribution is 0.0786. The second kappa shape index (κ2) is 5.10. The number of aromatic nitrogens is 2. The largest absolute Gasteiger partial charge is 0.386 e. The number of anilines is 1. The van der Waals surface area contributed by atoms with E-state index < -0.39 is 5.60 Å². The topological polar surface area (TPSA) is 49.6 Å². The lowest BCUT2D eigenvalue weighted by atomic mass is 9.96. The average Bonchev–Trinajstić information content (AvgIpc) is 2.92.